The molecule has 1 aliphatic rings. The summed E-state index contributed by atoms with van der Waals surface area (Å²) in [7, 11) is -3.80. The lowest BCUT2D eigenvalue weighted by molar-refractivity contribution is -0.132. The van der Waals surface area contributed by atoms with Crippen LogP contribution in [0, 0.1) is 6.92 Å². The summed E-state index contributed by atoms with van der Waals surface area (Å²) in [4.78, 5) is 41.4. The molecule has 34 heavy (non-hydrogen) atoms. The van der Waals surface area contributed by atoms with Gasteiger partial charge in [-0.25, -0.2) is 8.42 Å². The minimum Gasteiger partial charge on any atom is -0.339 e. The highest BCUT2D eigenvalue weighted by Crippen LogP contribution is 2.23. The normalized spacial score (nSPS) is 15.3. The van der Waals surface area contributed by atoms with Gasteiger partial charge in [-0.1, -0.05) is 35.6 Å². The maximum atomic E-state index is 13.2. The number of pyridine rings is 1. The maximum Gasteiger partial charge on any atom is 0.305 e. The smallest absolute Gasteiger partial charge is 0.305 e. The van der Waals surface area contributed by atoms with Crippen LogP contribution in [0.5, 0.6) is 0 Å². The third-order valence-electron chi connectivity index (χ3n) is 6.12. The van der Waals surface area contributed by atoms with Crippen molar-refractivity contribution in [3.63, 3.8) is 0 Å². The van der Waals surface area contributed by atoms with Crippen LogP contribution >= 0.6 is 11.3 Å². The molecule has 0 unspecified atom stereocenters. The van der Waals surface area contributed by atoms with Gasteiger partial charge in [0.1, 0.15) is 6.54 Å². The Labute approximate surface area is 198 Å². The third kappa shape index (κ3) is 3.75. The van der Waals surface area contributed by atoms with Crippen LogP contribution in [0.15, 0.2) is 62.3 Å². The predicted octanol–water partition coefficient (Wildman–Crippen LogP) is 1.75. The Morgan fingerprint density at radius 2 is 1.50 bits per heavy atom. The van der Waals surface area contributed by atoms with Crippen molar-refractivity contribution in [1.82, 2.24) is 18.8 Å². The number of fused-ring (bicyclic) bond motifs is 2. The Morgan fingerprint density at radius 3 is 2.03 bits per heavy atom. The summed E-state index contributed by atoms with van der Waals surface area (Å²) in [5.74, 6) is -0.154. The molecule has 0 bridgehead atoms. The minimum absolute atomic E-state index is 0.0171. The predicted molar refractivity (Wildman–Crippen MR) is 131 cm³/mol. The summed E-state index contributed by atoms with van der Waals surface area (Å²) < 4.78 is 29.1. The molecule has 1 saturated heterocycles. The molecule has 0 radical (unpaired) electrons. The lowest BCUT2D eigenvalue weighted by Gasteiger charge is -2.34. The zero-order chi connectivity index (χ0) is 24.0. The molecule has 2 aromatic carbocycles. The fourth-order valence-corrected chi connectivity index (χ4v) is 7.27. The summed E-state index contributed by atoms with van der Waals surface area (Å²) in [6.07, 6.45) is 0. The van der Waals surface area contributed by atoms with Gasteiger partial charge < -0.3 is 14.5 Å². The average molecular weight is 499 g/mol. The van der Waals surface area contributed by atoms with Crippen LogP contribution in [0.1, 0.15) is 5.69 Å². The fraction of sp³-hybridized carbons (Fsp3) is 0.261. The van der Waals surface area contributed by atoms with E-state index in [2.05, 4.69) is 4.98 Å². The highest BCUT2D eigenvalue weighted by atomic mass is 32.2. The van der Waals surface area contributed by atoms with Crippen molar-refractivity contribution in [2.24, 2.45) is 0 Å². The van der Waals surface area contributed by atoms with Crippen LogP contribution < -0.4 is 10.3 Å². The first kappa shape index (κ1) is 22.5. The lowest BCUT2D eigenvalue weighted by Crippen LogP contribution is -2.51. The molecule has 1 fully saturated rings. The highest BCUT2D eigenvalue weighted by Gasteiger charge is 2.32. The second kappa shape index (κ2) is 8.49. The molecular formula is C23H22N4O5S2. The second-order valence-corrected chi connectivity index (χ2v) is 11.3. The number of carbonyl (C=O) groups is 1. The van der Waals surface area contributed by atoms with Crippen molar-refractivity contribution in [1.29, 1.82) is 0 Å². The number of amides is 1. The Balaban J connectivity index is 1.39. The summed E-state index contributed by atoms with van der Waals surface area (Å²) in [6, 6.07) is 14.4. The van der Waals surface area contributed by atoms with E-state index in [0.717, 1.165) is 0 Å². The number of aryl methyl sites for hydroxylation is 1. The van der Waals surface area contributed by atoms with Crippen LogP contribution in [-0.4, -0.2) is 59.3 Å². The number of rotatable bonds is 4. The van der Waals surface area contributed by atoms with Crippen LogP contribution in [0.2, 0.25) is 0 Å². The number of nitrogens with one attached hydrogen (secondary N) is 1. The number of H-pyrrole nitrogens is 1. The molecule has 3 heterocycles. The Kier molecular flexibility index (Phi) is 5.62. The first-order valence-electron chi connectivity index (χ1n) is 10.8. The Bertz CT molecular complexity index is 1580. The molecule has 9 nitrogen and oxygen atoms in total. The Hall–Kier alpha value is -3.28. The lowest BCUT2D eigenvalue weighted by atomic mass is 10.1. The quantitative estimate of drug-likeness (QED) is 0.431. The molecule has 2 aromatic heterocycles. The van der Waals surface area contributed by atoms with Crippen molar-refractivity contribution in [2.75, 3.05) is 26.2 Å². The first-order valence-corrected chi connectivity index (χ1v) is 13.0. The summed E-state index contributed by atoms with van der Waals surface area (Å²) in [6.45, 7) is 2.37. The molecule has 176 valence electrons. The number of aromatic amines is 1. The van der Waals surface area contributed by atoms with Gasteiger partial charge in [0.15, 0.2) is 9.64 Å². The minimum atomic E-state index is -3.80. The van der Waals surface area contributed by atoms with Gasteiger partial charge in [-0.15, -0.1) is 0 Å². The number of sulfonamides is 1. The van der Waals surface area contributed by atoms with E-state index in [4.69, 9.17) is 0 Å². The fourth-order valence-electron chi connectivity index (χ4n) is 4.41. The van der Waals surface area contributed by atoms with E-state index in [0.29, 0.717) is 38.8 Å². The standard InChI is InChI=1S/C23H22N4O5S2/c1-15-22(33-23(30)24-15)34(31,32)26-12-10-25(11-13-26)20(28)14-27-18-8-4-2-6-16(18)21(29)17-7-3-5-9-19(17)27/h2-9H,10-14H2,1H3,(H,24,30). The molecule has 5 rings (SSSR count). The van der Waals surface area contributed by atoms with Crippen molar-refractivity contribution < 1.29 is 13.2 Å². The second-order valence-electron chi connectivity index (χ2n) is 8.16. The SMILES string of the molecule is Cc1[nH]c(=O)sc1S(=O)(=O)N1CCN(C(=O)Cn2c3ccccc3c(=O)c3ccccc32)CC1. The number of piperazine rings is 1. The number of aromatic nitrogens is 2. The van der Waals surface area contributed by atoms with Crippen LogP contribution in [0.25, 0.3) is 21.8 Å². The monoisotopic (exact) mass is 498 g/mol. The number of nitrogens with zero attached hydrogens (tertiary/aromatic N) is 3. The van der Waals surface area contributed by atoms with Gasteiger partial charge in [-0.2, -0.15) is 4.31 Å². The molecule has 11 heteroatoms. The average Bonchev–Trinajstić information content (AvgIpc) is 3.20. The molecule has 1 aliphatic heterocycles. The highest BCUT2D eigenvalue weighted by molar-refractivity contribution is 7.91. The molecule has 1 N–H and O–H groups in total. The third-order valence-corrected chi connectivity index (χ3v) is 9.60. The number of hydrogen-bond donors (Lipinski definition) is 1. The van der Waals surface area contributed by atoms with E-state index in [1.165, 1.54) is 4.31 Å². The van der Waals surface area contributed by atoms with Crippen molar-refractivity contribution in [3.8, 4) is 0 Å². The van der Waals surface area contributed by atoms with E-state index in [9.17, 15) is 22.8 Å². The van der Waals surface area contributed by atoms with Crippen molar-refractivity contribution >= 4 is 49.1 Å². The molecule has 0 saturated carbocycles. The van der Waals surface area contributed by atoms with Gasteiger partial charge in [0.05, 0.1) is 11.0 Å². The largest absolute Gasteiger partial charge is 0.339 e. The van der Waals surface area contributed by atoms with Crippen molar-refractivity contribution in [2.45, 2.75) is 17.7 Å². The molecule has 0 spiro atoms. The first-order chi connectivity index (χ1) is 16.3. The van der Waals surface area contributed by atoms with E-state index < -0.39 is 14.9 Å². The summed E-state index contributed by atoms with van der Waals surface area (Å²) in [5.41, 5.74) is 1.61. The van der Waals surface area contributed by atoms with E-state index in [1.54, 1.807) is 36.1 Å². The van der Waals surface area contributed by atoms with Crippen LogP contribution in [0.4, 0.5) is 0 Å². The van der Waals surface area contributed by atoms with Gasteiger partial charge >= 0.3 is 4.87 Å². The van der Waals surface area contributed by atoms with Gasteiger partial charge in [-0.3, -0.25) is 14.4 Å². The van der Waals surface area contributed by atoms with Gasteiger partial charge in [0.25, 0.3) is 10.0 Å². The molecular weight excluding hydrogens is 476 g/mol. The molecule has 0 aliphatic carbocycles. The van der Waals surface area contributed by atoms with Crippen LogP contribution in [0.3, 0.4) is 0 Å². The number of benzene rings is 2. The van der Waals surface area contributed by atoms with E-state index in [1.807, 2.05) is 28.8 Å². The molecule has 0 atom stereocenters. The summed E-state index contributed by atoms with van der Waals surface area (Å²) >= 11 is 0.677. The molecule has 4 aromatic rings. The zero-order valence-corrected chi connectivity index (χ0v) is 20.0. The Morgan fingerprint density at radius 1 is 0.941 bits per heavy atom. The van der Waals surface area contributed by atoms with Crippen molar-refractivity contribution in [3.05, 3.63) is 74.1 Å². The number of hydrogen-bond acceptors (Lipinski definition) is 6. The zero-order valence-electron chi connectivity index (χ0n) is 18.4. The topological polar surface area (TPSA) is 113 Å². The van der Waals surface area contributed by atoms with Gasteiger partial charge in [0.2, 0.25) is 5.91 Å². The summed E-state index contributed by atoms with van der Waals surface area (Å²) in [5, 5.41) is 1.09. The number of para-hydroxylation sites is 2. The van der Waals surface area contributed by atoms with Gasteiger partial charge in [-0.05, 0) is 31.2 Å². The van der Waals surface area contributed by atoms with Gasteiger partial charge in [0, 0.05) is 42.6 Å². The van der Waals surface area contributed by atoms with Crippen LogP contribution in [-0.2, 0) is 21.4 Å². The number of carbonyl (C=O) groups excluding carboxylic acids is 1. The van der Waals surface area contributed by atoms with E-state index >= 15 is 0 Å². The number of thiazole rings is 1. The maximum absolute atomic E-state index is 13.2. The van der Waals surface area contributed by atoms with E-state index in [-0.39, 0.29) is 48.3 Å². The molecule has 1 amide bonds.